The van der Waals surface area contributed by atoms with Gasteiger partial charge in [0, 0.05) is 38.8 Å². The van der Waals surface area contributed by atoms with Crippen LogP contribution in [0, 0.1) is 5.92 Å². The fraction of sp³-hybridized carbons (Fsp3) is 0.737. The Hall–Kier alpha value is -1.18. The number of anilines is 1. The van der Waals surface area contributed by atoms with Crippen LogP contribution in [0.5, 0.6) is 0 Å². The summed E-state index contributed by atoms with van der Waals surface area (Å²) in [6, 6.07) is 3.86. The van der Waals surface area contributed by atoms with Gasteiger partial charge in [0.1, 0.15) is 0 Å². The van der Waals surface area contributed by atoms with Gasteiger partial charge >= 0.3 is 0 Å². The standard InChI is InChI=1S/C19H34N4O2S/c1-15(2)17(23-11-9-22(6)10-12-23)14-20-16-7-8-18(21-13-16)26(24,25)19(3,4)5/h7-8,13,15,17,20H,9-12,14H2,1-6H3. The molecule has 1 saturated heterocycles. The lowest BCUT2D eigenvalue weighted by Crippen LogP contribution is -2.52. The maximum atomic E-state index is 12.5. The third-order valence-corrected chi connectivity index (χ3v) is 7.51. The van der Waals surface area contributed by atoms with E-state index >= 15 is 0 Å². The number of nitrogens with one attached hydrogen (secondary N) is 1. The number of hydrogen-bond donors (Lipinski definition) is 1. The zero-order valence-corrected chi connectivity index (χ0v) is 17.8. The molecule has 1 aliphatic heterocycles. The number of aromatic nitrogens is 1. The SMILES string of the molecule is CC(C)C(CNc1ccc(S(=O)(=O)C(C)(C)C)nc1)N1CCN(C)CC1. The average molecular weight is 383 g/mol. The molecule has 1 fully saturated rings. The molecular weight excluding hydrogens is 348 g/mol. The van der Waals surface area contributed by atoms with Crippen LogP contribution in [-0.4, -0.2) is 73.8 Å². The maximum absolute atomic E-state index is 12.5. The zero-order chi connectivity index (χ0) is 19.5. The van der Waals surface area contributed by atoms with Gasteiger partial charge in [-0.3, -0.25) is 4.90 Å². The van der Waals surface area contributed by atoms with Crippen molar-refractivity contribution in [2.24, 2.45) is 5.92 Å². The molecular formula is C19H34N4O2S. The summed E-state index contributed by atoms with van der Waals surface area (Å²) in [4.78, 5) is 9.10. The molecule has 1 aromatic rings. The van der Waals surface area contributed by atoms with Gasteiger partial charge in [0.2, 0.25) is 0 Å². The lowest BCUT2D eigenvalue weighted by atomic mass is 10.0. The summed E-state index contributed by atoms with van der Waals surface area (Å²) < 4.78 is 24.1. The molecule has 0 bridgehead atoms. The predicted molar refractivity (Wildman–Crippen MR) is 107 cm³/mol. The monoisotopic (exact) mass is 382 g/mol. The van der Waals surface area contributed by atoms with Gasteiger partial charge in [-0.2, -0.15) is 0 Å². The smallest absolute Gasteiger partial charge is 0.200 e. The molecule has 2 heterocycles. The Balaban J connectivity index is 2.02. The number of nitrogens with zero attached hydrogens (tertiary/aromatic N) is 3. The van der Waals surface area contributed by atoms with Gasteiger partial charge in [0.25, 0.3) is 0 Å². The molecule has 26 heavy (non-hydrogen) atoms. The fourth-order valence-electron chi connectivity index (χ4n) is 3.12. The van der Waals surface area contributed by atoms with E-state index in [1.54, 1.807) is 33.0 Å². The molecule has 1 aliphatic rings. The Kier molecular flexibility index (Phi) is 6.69. The highest BCUT2D eigenvalue weighted by Crippen LogP contribution is 2.24. The highest BCUT2D eigenvalue weighted by molar-refractivity contribution is 7.92. The Morgan fingerprint density at radius 2 is 1.77 bits per heavy atom. The normalized spacial score (nSPS) is 18.9. The molecule has 0 aliphatic carbocycles. The molecule has 0 aromatic carbocycles. The number of piperazine rings is 1. The molecule has 2 rings (SSSR count). The van der Waals surface area contributed by atoms with Gasteiger partial charge in [-0.15, -0.1) is 0 Å². The molecule has 6 nitrogen and oxygen atoms in total. The number of rotatable bonds is 6. The fourth-order valence-corrected chi connectivity index (χ4v) is 4.19. The summed E-state index contributed by atoms with van der Waals surface area (Å²) in [6.45, 7) is 14.8. The van der Waals surface area contributed by atoms with Gasteiger partial charge in [0.15, 0.2) is 14.9 Å². The third-order valence-electron chi connectivity index (χ3n) is 5.11. The first-order valence-electron chi connectivity index (χ1n) is 9.39. The molecule has 1 aromatic heterocycles. The van der Waals surface area contributed by atoms with Crippen LogP contribution in [0.25, 0.3) is 0 Å². The van der Waals surface area contributed by atoms with Crippen LogP contribution in [0.2, 0.25) is 0 Å². The van der Waals surface area contributed by atoms with E-state index < -0.39 is 14.6 Å². The Bertz CT molecular complexity index is 672. The van der Waals surface area contributed by atoms with Crippen LogP contribution in [0.3, 0.4) is 0 Å². The van der Waals surface area contributed by atoms with Crippen LogP contribution in [0.15, 0.2) is 23.4 Å². The van der Waals surface area contributed by atoms with Crippen molar-refractivity contribution in [2.45, 2.75) is 50.4 Å². The molecule has 0 amide bonds. The van der Waals surface area contributed by atoms with Crippen molar-refractivity contribution in [2.75, 3.05) is 45.1 Å². The van der Waals surface area contributed by atoms with Crippen LogP contribution in [0.1, 0.15) is 34.6 Å². The quantitative estimate of drug-likeness (QED) is 0.815. The van der Waals surface area contributed by atoms with Gasteiger partial charge in [0.05, 0.1) is 16.6 Å². The second kappa shape index (κ2) is 8.23. The van der Waals surface area contributed by atoms with E-state index in [2.05, 4.69) is 41.0 Å². The topological polar surface area (TPSA) is 65.5 Å². The number of likely N-dealkylation sites (N-methyl/N-ethyl adjacent to an activating group) is 1. The molecule has 1 atom stereocenters. The highest BCUT2D eigenvalue weighted by atomic mass is 32.2. The van der Waals surface area contributed by atoms with Crippen molar-refractivity contribution < 1.29 is 8.42 Å². The predicted octanol–water partition coefficient (Wildman–Crippen LogP) is 2.34. The van der Waals surface area contributed by atoms with Crippen molar-refractivity contribution in [3.05, 3.63) is 18.3 Å². The van der Waals surface area contributed by atoms with E-state index in [4.69, 9.17) is 0 Å². The Morgan fingerprint density at radius 3 is 2.23 bits per heavy atom. The molecule has 0 radical (unpaired) electrons. The van der Waals surface area contributed by atoms with Crippen molar-refractivity contribution in [1.82, 2.24) is 14.8 Å². The van der Waals surface area contributed by atoms with E-state index in [9.17, 15) is 8.42 Å². The average Bonchev–Trinajstić information content (AvgIpc) is 2.56. The molecule has 1 N–H and O–H groups in total. The van der Waals surface area contributed by atoms with Gasteiger partial charge in [-0.1, -0.05) is 13.8 Å². The minimum Gasteiger partial charge on any atom is -0.382 e. The molecule has 7 heteroatoms. The minimum absolute atomic E-state index is 0.134. The zero-order valence-electron chi connectivity index (χ0n) is 17.0. The summed E-state index contributed by atoms with van der Waals surface area (Å²) in [7, 11) is -1.25. The van der Waals surface area contributed by atoms with E-state index in [-0.39, 0.29) is 5.03 Å². The van der Waals surface area contributed by atoms with Crippen molar-refractivity contribution in [1.29, 1.82) is 0 Å². The molecule has 0 spiro atoms. The first-order chi connectivity index (χ1) is 12.0. The van der Waals surface area contributed by atoms with Crippen LogP contribution in [0.4, 0.5) is 5.69 Å². The van der Waals surface area contributed by atoms with Crippen LogP contribution >= 0.6 is 0 Å². The van der Waals surface area contributed by atoms with Crippen molar-refractivity contribution in [3.8, 4) is 0 Å². The number of hydrogen-bond acceptors (Lipinski definition) is 6. The largest absolute Gasteiger partial charge is 0.382 e. The number of pyridine rings is 1. The summed E-state index contributed by atoms with van der Waals surface area (Å²) >= 11 is 0. The van der Waals surface area contributed by atoms with Crippen LogP contribution in [-0.2, 0) is 9.84 Å². The van der Waals surface area contributed by atoms with E-state index in [0.717, 1.165) is 38.4 Å². The van der Waals surface area contributed by atoms with Gasteiger partial charge < -0.3 is 10.2 Å². The summed E-state index contributed by atoms with van der Waals surface area (Å²) in [5, 5.41) is 3.57. The van der Waals surface area contributed by atoms with E-state index in [1.165, 1.54) is 0 Å². The van der Waals surface area contributed by atoms with Crippen LogP contribution < -0.4 is 5.32 Å². The second-order valence-corrected chi connectivity index (χ2v) is 11.2. The van der Waals surface area contributed by atoms with E-state index in [1.807, 2.05) is 6.07 Å². The second-order valence-electron chi connectivity index (χ2n) is 8.53. The first kappa shape index (κ1) is 21.1. The molecule has 0 saturated carbocycles. The number of sulfone groups is 1. The first-order valence-corrected chi connectivity index (χ1v) is 10.9. The van der Waals surface area contributed by atoms with Crippen molar-refractivity contribution in [3.63, 3.8) is 0 Å². The lowest BCUT2D eigenvalue weighted by molar-refractivity contribution is 0.0944. The molecule has 148 valence electrons. The summed E-state index contributed by atoms with van der Waals surface area (Å²) in [5.41, 5.74) is 0.859. The van der Waals surface area contributed by atoms with Crippen molar-refractivity contribution >= 4 is 15.5 Å². The Labute approximate surface area is 158 Å². The molecule has 1 unspecified atom stereocenters. The summed E-state index contributed by atoms with van der Waals surface area (Å²) in [6.07, 6.45) is 1.62. The summed E-state index contributed by atoms with van der Waals surface area (Å²) in [5.74, 6) is 0.541. The van der Waals surface area contributed by atoms with Gasteiger partial charge in [-0.25, -0.2) is 13.4 Å². The highest BCUT2D eigenvalue weighted by Gasteiger charge is 2.32. The maximum Gasteiger partial charge on any atom is 0.200 e. The van der Waals surface area contributed by atoms with E-state index in [0.29, 0.717) is 12.0 Å². The lowest BCUT2D eigenvalue weighted by Gasteiger charge is -2.40. The minimum atomic E-state index is -3.41. The Morgan fingerprint density at radius 1 is 1.15 bits per heavy atom. The third kappa shape index (κ3) is 4.96. The van der Waals surface area contributed by atoms with Gasteiger partial charge in [-0.05, 0) is 45.9 Å².